The van der Waals surface area contributed by atoms with E-state index in [9.17, 15) is 0 Å². The lowest BCUT2D eigenvalue weighted by Crippen LogP contribution is -1.95. The van der Waals surface area contributed by atoms with Gasteiger partial charge in [-0.05, 0) is 28.7 Å². The highest BCUT2D eigenvalue weighted by Crippen LogP contribution is 2.33. The van der Waals surface area contributed by atoms with E-state index in [2.05, 4.69) is 38.1 Å². The van der Waals surface area contributed by atoms with Crippen LogP contribution < -0.4 is 0 Å². The highest BCUT2D eigenvalue weighted by Gasteiger charge is 2.13. The summed E-state index contributed by atoms with van der Waals surface area (Å²) >= 11 is 12.7. The molecule has 0 N–H and O–H groups in total. The fraction of sp³-hybridized carbons (Fsp3) is 0.250. The van der Waals surface area contributed by atoms with Crippen LogP contribution in [0.1, 0.15) is 41.8 Å². The van der Waals surface area contributed by atoms with Gasteiger partial charge in [0, 0.05) is 5.02 Å². The molecule has 0 aliphatic heterocycles. The van der Waals surface area contributed by atoms with E-state index < -0.39 is 0 Å². The molecule has 0 aliphatic rings. The molecular formula is C16H16Cl2. The molecule has 2 heteroatoms. The zero-order valence-electron chi connectivity index (χ0n) is 10.5. The van der Waals surface area contributed by atoms with Crippen LogP contribution in [-0.2, 0) is 0 Å². The Morgan fingerprint density at radius 2 is 1.39 bits per heavy atom. The number of alkyl halides is 1. The van der Waals surface area contributed by atoms with Crippen LogP contribution >= 0.6 is 23.2 Å². The number of benzene rings is 2. The fourth-order valence-electron chi connectivity index (χ4n) is 1.91. The normalized spacial score (nSPS) is 12.7. The smallest absolute Gasteiger partial charge is 0.0849 e. The van der Waals surface area contributed by atoms with Crippen molar-refractivity contribution in [1.82, 2.24) is 0 Å². The molecule has 0 saturated heterocycles. The Bertz CT molecular complexity index is 515. The number of hydrogen-bond donors (Lipinski definition) is 0. The highest BCUT2D eigenvalue weighted by atomic mass is 35.5. The Morgan fingerprint density at radius 3 is 1.94 bits per heavy atom. The summed E-state index contributed by atoms with van der Waals surface area (Å²) in [4.78, 5) is 0. The van der Waals surface area contributed by atoms with Crippen LogP contribution in [0.3, 0.4) is 0 Å². The SMILES string of the molecule is CC(C)c1ccc(C(Cl)c2ccccc2Cl)cc1. The van der Waals surface area contributed by atoms with Crippen LogP contribution in [0.15, 0.2) is 48.5 Å². The summed E-state index contributed by atoms with van der Waals surface area (Å²) in [5.74, 6) is 0.535. The van der Waals surface area contributed by atoms with Gasteiger partial charge in [-0.3, -0.25) is 0 Å². The molecule has 0 saturated carbocycles. The van der Waals surface area contributed by atoms with E-state index in [-0.39, 0.29) is 5.38 Å². The van der Waals surface area contributed by atoms with Gasteiger partial charge in [-0.15, -0.1) is 11.6 Å². The Balaban J connectivity index is 2.29. The molecule has 0 nitrogen and oxygen atoms in total. The largest absolute Gasteiger partial charge is 0.113 e. The molecule has 2 aromatic rings. The minimum atomic E-state index is -0.195. The summed E-state index contributed by atoms with van der Waals surface area (Å²) in [5.41, 5.74) is 3.36. The predicted molar refractivity (Wildman–Crippen MR) is 79.7 cm³/mol. The van der Waals surface area contributed by atoms with Crippen LogP contribution in [0, 0.1) is 0 Å². The molecule has 0 fully saturated rings. The zero-order chi connectivity index (χ0) is 13.1. The maximum absolute atomic E-state index is 6.48. The van der Waals surface area contributed by atoms with E-state index >= 15 is 0 Å². The van der Waals surface area contributed by atoms with E-state index in [1.165, 1.54) is 5.56 Å². The first-order valence-electron chi connectivity index (χ1n) is 6.08. The van der Waals surface area contributed by atoms with Crippen molar-refractivity contribution < 1.29 is 0 Å². The van der Waals surface area contributed by atoms with Gasteiger partial charge in [-0.1, -0.05) is 67.9 Å². The Hall–Kier alpha value is -0.980. The molecule has 94 valence electrons. The lowest BCUT2D eigenvalue weighted by Gasteiger charge is -2.13. The molecule has 0 aromatic heterocycles. The quantitative estimate of drug-likeness (QED) is 0.623. The van der Waals surface area contributed by atoms with Crippen molar-refractivity contribution >= 4 is 23.2 Å². The molecule has 1 unspecified atom stereocenters. The molecule has 2 aromatic carbocycles. The minimum Gasteiger partial charge on any atom is -0.113 e. The van der Waals surface area contributed by atoms with Crippen molar-refractivity contribution in [2.45, 2.75) is 25.1 Å². The third-order valence-corrected chi connectivity index (χ3v) is 3.91. The highest BCUT2D eigenvalue weighted by molar-refractivity contribution is 6.33. The molecule has 2 rings (SSSR count). The van der Waals surface area contributed by atoms with Crippen LogP contribution in [-0.4, -0.2) is 0 Å². The standard InChI is InChI=1S/C16H16Cl2/c1-11(2)12-7-9-13(10-8-12)16(18)14-5-3-4-6-15(14)17/h3-11,16H,1-2H3. The van der Waals surface area contributed by atoms with Crippen molar-refractivity contribution in [2.75, 3.05) is 0 Å². The molecular weight excluding hydrogens is 263 g/mol. The average molecular weight is 279 g/mol. The molecule has 1 atom stereocenters. The van der Waals surface area contributed by atoms with Gasteiger partial charge < -0.3 is 0 Å². The molecule has 0 radical (unpaired) electrons. The van der Waals surface area contributed by atoms with E-state index in [0.717, 1.165) is 11.1 Å². The van der Waals surface area contributed by atoms with Crippen molar-refractivity contribution in [3.63, 3.8) is 0 Å². The first-order valence-corrected chi connectivity index (χ1v) is 6.89. The summed E-state index contributed by atoms with van der Waals surface area (Å²) in [7, 11) is 0. The molecule has 18 heavy (non-hydrogen) atoms. The number of hydrogen-bond acceptors (Lipinski definition) is 0. The number of halogens is 2. The lowest BCUT2D eigenvalue weighted by atomic mass is 9.98. The molecule has 0 aliphatic carbocycles. The van der Waals surface area contributed by atoms with Crippen molar-refractivity contribution in [3.8, 4) is 0 Å². The monoisotopic (exact) mass is 278 g/mol. The van der Waals surface area contributed by atoms with Gasteiger partial charge in [-0.2, -0.15) is 0 Å². The van der Waals surface area contributed by atoms with Gasteiger partial charge in [0.2, 0.25) is 0 Å². The topological polar surface area (TPSA) is 0 Å². The van der Waals surface area contributed by atoms with Gasteiger partial charge in [0.15, 0.2) is 0 Å². The van der Waals surface area contributed by atoms with E-state index in [0.29, 0.717) is 10.9 Å². The predicted octanol–water partition coefficient (Wildman–Crippen LogP) is 5.79. The molecule has 0 heterocycles. The van der Waals surface area contributed by atoms with Crippen LogP contribution in [0.2, 0.25) is 5.02 Å². The molecule has 0 bridgehead atoms. The van der Waals surface area contributed by atoms with Gasteiger partial charge in [0.25, 0.3) is 0 Å². The number of rotatable bonds is 3. The molecule has 0 amide bonds. The lowest BCUT2D eigenvalue weighted by molar-refractivity contribution is 0.865. The summed E-state index contributed by atoms with van der Waals surface area (Å²) in [5, 5.41) is 0.519. The van der Waals surface area contributed by atoms with E-state index in [1.54, 1.807) is 0 Å². The van der Waals surface area contributed by atoms with Gasteiger partial charge in [-0.25, -0.2) is 0 Å². The van der Waals surface area contributed by atoms with Crippen molar-refractivity contribution in [2.24, 2.45) is 0 Å². The second-order valence-electron chi connectivity index (χ2n) is 4.71. The maximum atomic E-state index is 6.48. The third-order valence-electron chi connectivity index (χ3n) is 3.07. The summed E-state index contributed by atoms with van der Waals surface area (Å²) in [6.07, 6.45) is 0. The minimum absolute atomic E-state index is 0.195. The summed E-state index contributed by atoms with van der Waals surface area (Å²) in [6.45, 7) is 4.36. The maximum Gasteiger partial charge on any atom is 0.0849 e. The Morgan fingerprint density at radius 1 is 0.833 bits per heavy atom. The molecule has 0 spiro atoms. The van der Waals surface area contributed by atoms with Crippen molar-refractivity contribution in [1.29, 1.82) is 0 Å². The fourth-order valence-corrected chi connectivity index (χ4v) is 2.55. The Labute approximate surface area is 119 Å². The average Bonchev–Trinajstić information content (AvgIpc) is 2.38. The van der Waals surface area contributed by atoms with Crippen LogP contribution in [0.4, 0.5) is 0 Å². The first kappa shape index (κ1) is 13.5. The van der Waals surface area contributed by atoms with Gasteiger partial charge in [0.05, 0.1) is 5.38 Å². The first-order chi connectivity index (χ1) is 8.59. The second kappa shape index (κ2) is 5.77. The van der Waals surface area contributed by atoms with E-state index in [4.69, 9.17) is 23.2 Å². The Kier molecular flexibility index (Phi) is 4.31. The third kappa shape index (κ3) is 2.88. The van der Waals surface area contributed by atoms with Crippen LogP contribution in [0.5, 0.6) is 0 Å². The van der Waals surface area contributed by atoms with Crippen molar-refractivity contribution in [3.05, 3.63) is 70.2 Å². The van der Waals surface area contributed by atoms with E-state index in [1.807, 2.05) is 24.3 Å². The second-order valence-corrected chi connectivity index (χ2v) is 5.55. The van der Waals surface area contributed by atoms with Gasteiger partial charge >= 0.3 is 0 Å². The summed E-state index contributed by atoms with van der Waals surface area (Å²) in [6, 6.07) is 16.1. The summed E-state index contributed by atoms with van der Waals surface area (Å²) < 4.78 is 0. The zero-order valence-corrected chi connectivity index (χ0v) is 12.0. The van der Waals surface area contributed by atoms with Crippen LogP contribution in [0.25, 0.3) is 0 Å². The van der Waals surface area contributed by atoms with Gasteiger partial charge in [0.1, 0.15) is 0 Å².